The van der Waals surface area contributed by atoms with Gasteiger partial charge in [0.15, 0.2) is 5.96 Å². The standard InChI is InChI=1S/C24H32N6.HI/c1-19-27-22-10-6-7-11-23(22)30(19)17-14-26-24(25-2)28-21-12-15-29(16-13-21)18-20-8-4-3-5-9-20;/h3-11,21H,12-18H2,1-2H3,(H2,25,26,28);1H. The number of halogens is 1. The number of piperidine rings is 1. The van der Waals surface area contributed by atoms with E-state index in [9.17, 15) is 0 Å². The number of aliphatic imine (C=N–C) groups is 1. The van der Waals surface area contributed by atoms with Crippen LogP contribution in [0.5, 0.6) is 0 Å². The van der Waals surface area contributed by atoms with Crippen molar-refractivity contribution >= 4 is 41.0 Å². The normalized spacial score (nSPS) is 15.6. The summed E-state index contributed by atoms with van der Waals surface area (Å²) in [5.41, 5.74) is 3.63. The molecule has 0 atom stereocenters. The number of likely N-dealkylation sites (tertiary alicyclic amines) is 1. The Labute approximate surface area is 202 Å². The van der Waals surface area contributed by atoms with E-state index in [1.54, 1.807) is 0 Å². The lowest BCUT2D eigenvalue weighted by molar-refractivity contribution is 0.198. The summed E-state index contributed by atoms with van der Waals surface area (Å²) in [5.74, 6) is 1.94. The number of guanidine groups is 1. The zero-order valence-electron chi connectivity index (χ0n) is 18.4. The molecule has 0 amide bonds. The van der Waals surface area contributed by atoms with Crippen LogP contribution >= 0.6 is 24.0 Å². The third-order valence-corrected chi connectivity index (χ3v) is 5.87. The van der Waals surface area contributed by atoms with E-state index in [4.69, 9.17) is 0 Å². The van der Waals surface area contributed by atoms with Gasteiger partial charge in [0.2, 0.25) is 0 Å². The van der Waals surface area contributed by atoms with E-state index in [1.165, 1.54) is 11.1 Å². The summed E-state index contributed by atoms with van der Waals surface area (Å²) in [6.45, 7) is 7.01. The summed E-state index contributed by atoms with van der Waals surface area (Å²) in [7, 11) is 1.84. The molecular weight excluding hydrogens is 499 g/mol. The van der Waals surface area contributed by atoms with Gasteiger partial charge in [-0.1, -0.05) is 42.5 Å². The van der Waals surface area contributed by atoms with Crippen molar-refractivity contribution in [1.29, 1.82) is 0 Å². The van der Waals surface area contributed by atoms with Crippen molar-refractivity contribution in [1.82, 2.24) is 25.1 Å². The van der Waals surface area contributed by atoms with Crippen LogP contribution in [0.15, 0.2) is 59.6 Å². The van der Waals surface area contributed by atoms with Crippen LogP contribution in [0.3, 0.4) is 0 Å². The zero-order chi connectivity index (χ0) is 20.8. The largest absolute Gasteiger partial charge is 0.355 e. The molecule has 1 fully saturated rings. The molecule has 2 heterocycles. The van der Waals surface area contributed by atoms with Crippen LogP contribution in [0.4, 0.5) is 0 Å². The molecule has 1 saturated heterocycles. The summed E-state index contributed by atoms with van der Waals surface area (Å²) in [6, 6.07) is 19.5. The molecule has 2 N–H and O–H groups in total. The number of nitrogens with zero attached hydrogens (tertiary/aromatic N) is 4. The van der Waals surface area contributed by atoms with Crippen LogP contribution in [-0.2, 0) is 13.1 Å². The van der Waals surface area contributed by atoms with Crippen molar-refractivity contribution in [2.24, 2.45) is 4.99 Å². The molecule has 0 aliphatic carbocycles. The second-order valence-electron chi connectivity index (χ2n) is 7.98. The van der Waals surface area contributed by atoms with E-state index < -0.39 is 0 Å². The van der Waals surface area contributed by atoms with Crippen molar-refractivity contribution in [2.75, 3.05) is 26.7 Å². The van der Waals surface area contributed by atoms with E-state index in [-0.39, 0.29) is 24.0 Å². The van der Waals surface area contributed by atoms with Crippen molar-refractivity contribution in [2.45, 2.75) is 38.9 Å². The van der Waals surface area contributed by atoms with E-state index >= 15 is 0 Å². The van der Waals surface area contributed by atoms with Crippen LogP contribution in [0.1, 0.15) is 24.2 Å². The number of para-hydroxylation sites is 2. The molecule has 4 rings (SSSR count). The fourth-order valence-electron chi connectivity index (χ4n) is 4.23. The zero-order valence-corrected chi connectivity index (χ0v) is 20.8. The van der Waals surface area contributed by atoms with Gasteiger partial charge in [0, 0.05) is 45.8 Å². The lowest BCUT2D eigenvalue weighted by atomic mass is 10.0. The first-order valence-corrected chi connectivity index (χ1v) is 10.9. The van der Waals surface area contributed by atoms with Crippen LogP contribution in [0.2, 0.25) is 0 Å². The van der Waals surface area contributed by atoms with Gasteiger partial charge in [0.1, 0.15) is 5.82 Å². The van der Waals surface area contributed by atoms with E-state index in [1.807, 2.05) is 13.1 Å². The number of rotatable bonds is 6. The highest BCUT2D eigenvalue weighted by Crippen LogP contribution is 2.15. The molecule has 6 nitrogen and oxygen atoms in total. The SMILES string of the molecule is CN=C(NCCn1c(C)nc2ccccc21)NC1CCN(Cc2ccccc2)CC1.I. The molecule has 3 aromatic rings. The second kappa shape index (κ2) is 11.5. The molecule has 166 valence electrons. The van der Waals surface area contributed by atoms with Crippen LogP contribution in [-0.4, -0.2) is 53.1 Å². The highest BCUT2D eigenvalue weighted by molar-refractivity contribution is 14.0. The summed E-state index contributed by atoms with van der Waals surface area (Å²) in [4.78, 5) is 11.6. The van der Waals surface area contributed by atoms with Gasteiger partial charge >= 0.3 is 0 Å². The van der Waals surface area contributed by atoms with Gasteiger partial charge in [-0.15, -0.1) is 24.0 Å². The van der Waals surface area contributed by atoms with Crippen LogP contribution in [0.25, 0.3) is 11.0 Å². The molecule has 2 aromatic carbocycles. The molecule has 0 spiro atoms. The van der Waals surface area contributed by atoms with E-state index in [0.29, 0.717) is 6.04 Å². The third-order valence-electron chi connectivity index (χ3n) is 5.87. The fourth-order valence-corrected chi connectivity index (χ4v) is 4.23. The molecule has 0 bridgehead atoms. The molecule has 31 heavy (non-hydrogen) atoms. The Balaban J connectivity index is 0.00000272. The maximum absolute atomic E-state index is 4.65. The minimum atomic E-state index is 0. The predicted octanol–water partition coefficient (Wildman–Crippen LogP) is 3.79. The quantitative estimate of drug-likeness (QED) is 0.288. The maximum atomic E-state index is 4.65. The molecule has 1 aliphatic rings. The van der Waals surface area contributed by atoms with Crippen molar-refractivity contribution < 1.29 is 0 Å². The Morgan fingerprint density at radius 1 is 1.06 bits per heavy atom. The molecule has 0 radical (unpaired) electrons. The summed E-state index contributed by atoms with van der Waals surface area (Å²) in [5, 5.41) is 7.08. The molecule has 0 saturated carbocycles. The van der Waals surface area contributed by atoms with Gasteiger partial charge in [-0.3, -0.25) is 9.89 Å². The Bertz CT molecular complexity index is 976. The van der Waals surface area contributed by atoms with Crippen molar-refractivity contribution in [3.8, 4) is 0 Å². The smallest absolute Gasteiger partial charge is 0.191 e. The highest BCUT2D eigenvalue weighted by Gasteiger charge is 2.20. The van der Waals surface area contributed by atoms with E-state index in [0.717, 1.165) is 62.9 Å². The summed E-state index contributed by atoms with van der Waals surface area (Å²) >= 11 is 0. The van der Waals surface area contributed by atoms with Crippen LogP contribution in [0, 0.1) is 6.92 Å². The molecule has 0 unspecified atom stereocenters. The lowest BCUT2D eigenvalue weighted by Gasteiger charge is -2.33. The number of hydrogen-bond acceptors (Lipinski definition) is 3. The number of aromatic nitrogens is 2. The minimum Gasteiger partial charge on any atom is -0.355 e. The Hall–Kier alpha value is -2.13. The number of aryl methyl sites for hydroxylation is 1. The monoisotopic (exact) mass is 532 g/mol. The third kappa shape index (κ3) is 6.20. The van der Waals surface area contributed by atoms with Gasteiger partial charge in [0.05, 0.1) is 11.0 Å². The predicted molar refractivity (Wildman–Crippen MR) is 139 cm³/mol. The van der Waals surface area contributed by atoms with Gasteiger partial charge in [-0.25, -0.2) is 4.98 Å². The van der Waals surface area contributed by atoms with Gasteiger partial charge in [-0.05, 0) is 37.5 Å². The van der Waals surface area contributed by atoms with Crippen LogP contribution < -0.4 is 10.6 Å². The maximum Gasteiger partial charge on any atom is 0.191 e. The van der Waals surface area contributed by atoms with Crippen molar-refractivity contribution in [3.63, 3.8) is 0 Å². The van der Waals surface area contributed by atoms with Crippen molar-refractivity contribution in [3.05, 3.63) is 66.0 Å². The average Bonchev–Trinajstić information content (AvgIpc) is 3.10. The number of benzene rings is 2. The highest BCUT2D eigenvalue weighted by atomic mass is 127. The van der Waals surface area contributed by atoms with Gasteiger partial charge < -0.3 is 15.2 Å². The molecular formula is C24H33IN6. The molecule has 1 aliphatic heterocycles. The van der Waals surface area contributed by atoms with Gasteiger partial charge in [0.25, 0.3) is 0 Å². The van der Waals surface area contributed by atoms with E-state index in [2.05, 4.69) is 85.5 Å². The Morgan fingerprint density at radius 3 is 2.52 bits per heavy atom. The summed E-state index contributed by atoms with van der Waals surface area (Å²) in [6.07, 6.45) is 2.28. The second-order valence-corrected chi connectivity index (χ2v) is 7.98. The first kappa shape index (κ1) is 23.5. The minimum absolute atomic E-state index is 0. The first-order chi connectivity index (χ1) is 14.7. The lowest BCUT2D eigenvalue weighted by Crippen LogP contribution is -2.49. The number of nitrogens with one attached hydrogen (secondary N) is 2. The Morgan fingerprint density at radius 2 is 1.77 bits per heavy atom. The summed E-state index contributed by atoms with van der Waals surface area (Å²) < 4.78 is 2.26. The fraction of sp³-hybridized carbons (Fsp3) is 0.417. The Kier molecular flexibility index (Phi) is 8.71. The first-order valence-electron chi connectivity index (χ1n) is 10.9. The van der Waals surface area contributed by atoms with Gasteiger partial charge in [-0.2, -0.15) is 0 Å². The molecule has 1 aromatic heterocycles. The number of fused-ring (bicyclic) bond motifs is 1. The molecule has 7 heteroatoms. The number of hydrogen-bond donors (Lipinski definition) is 2. The topological polar surface area (TPSA) is 57.5 Å². The number of imidazole rings is 1. The average molecular weight is 532 g/mol.